The summed E-state index contributed by atoms with van der Waals surface area (Å²) in [6.07, 6.45) is 3.81. The molecule has 0 saturated carbocycles. The molecular weight excluding hydrogens is 312 g/mol. The Morgan fingerprint density at radius 3 is 2.56 bits per heavy atom. The van der Waals surface area contributed by atoms with E-state index in [9.17, 15) is 0 Å². The number of hydrogen-bond donors (Lipinski definition) is 1. The van der Waals surface area contributed by atoms with Crippen LogP contribution < -0.4 is 5.32 Å². The zero-order valence-electron chi connectivity index (χ0n) is 15.7. The van der Waals surface area contributed by atoms with Crippen molar-refractivity contribution in [3.8, 4) is 11.4 Å². The first-order valence-corrected chi connectivity index (χ1v) is 9.45. The molecule has 5 nitrogen and oxygen atoms in total. The highest BCUT2D eigenvalue weighted by atomic mass is 16.5. The summed E-state index contributed by atoms with van der Waals surface area (Å²) in [6, 6.07) is 8.45. The molecule has 5 heteroatoms. The fourth-order valence-corrected chi connectivity index (χ4v) is 3.43. The number of rotatable bonds is 7. The molecule has 2 heterocycles. The largest absolute Gasteiger partial charge is 0.338 e. The topological polar surface area (TPSA) is 54.2 Å². The van der Waals surface area contributed by atoms with Crippen molar-refractivity contribution < 1.29 is 4.52 Å². The zero-order chi connectivity index (χ0) is 17.6. The van der Waals surface area contributed by atoms with Crippen molar-refractivity contribution in [3.05, 3.63) is 35.7 Å². The van der Waals surface area contributed by atoms with Gasteiger partial charge in [0.05, 0.1) is 6.54 Å². The number of nitrogens with one attached hydrogen (secondary N) is 1. The number of nitrogens with zero attached hydrogens (tertiary/aromatic N) is 3. The Morgan fingerprint density at radius 1 is 1.20 bits per heavy atom. The van der Waals surface area contributed by atoms with Crippen LogP contribution in [0.25, 0.3) is 11.4 Å². The van der Waals surface area contributed by atoms with E-state index in [-0.39, 0.29) is 0 Å². The van der Waals surface area contributed by atoms with E-state index in [4.69, 9.17) is 4.52 Å². The predicted molar refractivity (Wildman–Crippen MR) is 100 cm³/mol. The van der Waals surface area contributed by atoms with Crippen molar-refractivity contribution in [2.24, 2.45) is 5.92 Å². The van der Waals surface area contributed by atoms with E-state index >= 15 is 0 Å². The van der Waals surface area contributed by atoms with Gasteiger partial charge in [-0.25, -0.2) is 0 Å². The summed E-state index contributed by atoms with van der Waals surface area (Å²) in [5.74, 6) is 2.79. The molecule has 0 bridgehead atoms. The highest BCUT2D eigenvalue weighted by Gasteiger charge is 2.20. The molecule has 2 aromatic rings. The van der Waals surface area contributed by atoms with Crippen LogP contribution in [0.2, 0.25) is 0 Å². The molecule has 1 aliphatic rings. The van der Waals surface area contributed by atoms with Crippen LogP contribution >= 0.6 is 0 Å². The van der Waals surface area contributed by atoms with Gasteiger partial charge in [0, 0.05) is 5.56 Å². The van der Waals surface area contributed by atoms with E-state index in [1.54, 1.807) is 0 Å². The molecule has 0 spiro atoms. The van der Waals surface area contributed by atoms with Crippen molar-refractivity contribution >= 4 is 0 Å². The molecule has 1 aromatic heterocycles. The Bertz CT molecular complexity index is 642. The second-order valence-electron chi connectivity index (χ2n) is 7.40. The Hall–Kier alpha value is -1.72. The van der Waals surface area contributed by atoms with Gasteiger partial charge in [-0.15, -0.1) is 0 Å². The smallest absolute Gasteiger partial charge is 0.241 e. The fraction of sp³-hybridized carbons (Fsp3) is 0.600. The monoisotopic (exact) mass is 342 g/mol. The molecule has 1 aromatic carbocycles. The molecule has 0 radical (unpaired) electrons. The van der Waals surface area contributed by atoms with Crippen LogP contribution in [0.1, 0.15) is 50.5 Å². The molecule has 136 valence electrons. The molecule has 25 heavy (non-hydrogen) atoms. The van der Waals surface area contributed by atoms with Gasteiger partial charge in [0.2, 0.25) is 11.7 Å². The quantitative estimate of drug-likeness (QED) is 0.832. The normalized spacial score (nSPS) is 16.6. The Morgan fingerprint density at radius 2 is 1.92 bits per heavy atom. The number of aromatic nitrogens is 2. The third-order valence-corrected chi connectivity index (χ3v) is 5.17. The lowest BCUT2D eigenvalue weighted by Gasteiger charge is -2.30. The van der Waals surface area contributed by atoms with Gasteiger partial charge in [0.25, 0.3) is 0 Å². The molecule has 0 unspecified atom stereocenters. The molecule has 0 atom stereocenters. The maximum absolute atomic E-state index is 5.48. The van der Waals surface area contributed by atoms with Gasteiger partial charge in [-0.3, -0.25) is 4.90 Å². The van der Waals surface area contributed by atoms with Crippen LogP contribution in [-0.2, 0) is 6.54 Å². The van der Waals surface area contributed by atoms with Crippen LogP contribution in [0.4, 0.5) is 0 Å². The summed E-state index contributed by atoms with van der Waals surface area (Å²) >= 11 is 0. The number of piperidine rings is 1. The van der Waals surface area contributed by atoms with E-state index in [1.807, 2.05) is 7.05 Å². The first kappa shape index (κ1) is 18.1. The van der Waals surface area contributed by atoms with Gasteiger partial charge in [-0.1, -0.05) is 43.3 Å². The van der Waals surface area contributed by atoms with Crippen molar-refractivity contribution in [1.29, 1.82) is 0 Å². The zero-order valence-corrected chi connectivity index (χ0v) is 15.7. The van der Waals surface area contributed by atoms with Crippen LogP contribution in [-0.4, -0.2) is 41.7 Å². The number of likely N-dealkylation sites (tertiary alicyclic amines) is 1. The summed E-state index contributed by atoms with van der Waals surface area (Å²) in [6.45, 7) is 8.51. The van der Waals surface area contributed by atoms with Gasteiger partial charge in [-0.2, -0.15) is 4.98 Å². The molecule has 1 N–H and O–H groups in total. The lowest BCUT2D eigenvalue weighted by atomic mass is 9.93. The minimum absolute atomic E-state index is 0.533. The van der Waals surface area contributed by atoms with Gasteiger partial charge >= 0.3 is 0 Å². The maximum atomic E-state index is 5.48. The lowest BCUT2D eigenvalue weighted by molar-refractivity contribution is 0.155. The van der Waals surface area contributed by atoms with Crippen molar-refractivity contribution in [1.82, 2.24) is 20.4 Å². The Kier molecular flexibility index (Phi) is 6.21. The summed E-state index contributed by atoms with van der Waals surface area (Å²) in [5, 5.41) is 7.41. The minimum atomic E-state index is 0.533. The third-order valence-electron chi connectivity index (χ3n) is 5.17. The standard InChI is InChI=1S/C20H30N4O/c1-15(2)17-4-6-18(7-5-17)20-22-19(25-23-20)14-24-12-9-16(10-13-24)8-11-21-3/h4-7,15-16,21H,8-14H2,1-3H3. The molecule has 0 aliphatic carbocycles. The summed E-state index contributed by atoms with van der Waals surface area (Å²) in [5.41, 5.74) is 2.35. The first-order valence-electron chi connectivity index (χ1n) is 9.45. The van der Waals surface area contributed by atoms with E-state index in [0.29, 0.717) is 11.7 Å². The van der Waals surface area contributed by atoms with E-state index in [0.717, 1.165) is 43.6 Å². The molecule has 1 fully saturated rings. The van der Waals surface area contributed by atoms with Crippen LogP contribution in [0.3, 0.4) is 0 Å². The fourth-order valence-electron chi connectivity index (χ4n) is 3.43. The molecule has 0 amide bonds. The maximum Gasteiger partial charge on any atom is 0.241 e. The molecular formula is C20H30N4O. The highest BCUT2D eigenvalue weighted by molar-refractivity contribution is 5.54. The lowest BCUT2D eigenvalue weighted by Crippen LogP contribution is -2.34. The van der Waals surface area contributed by atoms with Crippen molar-refractivity contribution in [3.63, 3.8) is 0 Å². The second-order valence-corrected chi connectivity index (χ2v) is 7.40. The summed E-state index contributed by atoms with van der Waals surface area (Å²) < 4.78 is 5.48. The summed E-state index contributed by atoms with van der Waals surface area (Å²) in [4.78, 5) is 7.01. The van der Waals surface area contributed by atoms with Crippen LogP contribution in [0, 0.1) is 5.92 Å². The first-order chi connectivity index (χ1) is 12.2. The molecule has 1 aliphatic heterocycles. The SMILES string of the molecule is CNCCC1CCN(Cc2nc(-c3ccc(C(C)C)cc3)no2)CC1. The average molecular weight is 342 g/mol. The Balaban J connectivity index is 1.54. The van der Waals surface area contributed by atoms with Gasteiger partial charge in [0.1, 0.15) is 0 Å². The van der Waals surface area contributed by atoms with Gasteiger partial charge in [0.15, 0.2) is 0 Å². The Labute approximate surface area is 150 Å². The van der Waals surface area contributed by atoms with Gasteiger partial charge in [-0.05, 0) is 63.3 Å². The molecule has 3 rings (SSSR count). The van der Waals surface area contributed by atoms with Crippen LogP contribution in [0.15, 0.2) is 28.8 Å². The highest BCUT2D eigenvalue weighted by Crippen LogP contribution is 2.23. The van der Waals surface area contributed by atoms with Crippen molar-refractivity contribution in [2.75, 3.05) is 26.7 Å². The number of benzene rings is 1. The summed E-state index contributed by atoms with van der Waals surface area (Å²) in [7, 11) is 2.03. The second kappa shape index (κ2) is 8.59. The minimum Gasteiger partial charge on any atom is -0.338 e. The average Bonchev–Trinajstić information content (AvgIpc) is 3.10. The van der Waals surface area contributed by atoms with Crippen molar-refractivity contribution in [2.45, 2.75) is 45.6 Å². The van der Waals surface area contributed by atoms with E-state index in [2.05, 4.69) is 58.5 Å². The predicted octanol–water partition coefficient (Wildman–Crippen LogP) is 3.68. The van der Waals surface area contributed by atoms with Crippen LogP contribution in [0.5, 0.6) is 0 Å². The number of hydrogen-bond acceptors (Lipinski definition) is 5. The van der Waals surface area contributed by atoms with Gasteiger partial charge < -0.3 is 9.84 Å². The van der Waals surface area contributed by atoms with E-state index < -0.39 is 0 Å². The third kappa shape index (κ3) is 4.89. The molecule has 1 saturated heterocycles. The van der Waals surface area contributed by atoms with E-state index in [1.165, 1.54) is 24.8 Å².